The van der Waals surface area contributed by atoms with Crippen LogP contribution in [-0.4, -0.2) is 26.3 Å². The molecule has 0 bridgehead atoms. The monoisotopic (exact) mass is 324 g/mol. The number of benzene rings is 1. The molecule has 0 saturated carbocycles. The number of pyridine rings is 1. The van der Waals surface area contributed by atoms with E-state index in [-0.39, 0.29) is 16.8 Å². The molecule has 122 valence electrons. The van der Waals surface area contributed by atoms with Gasteiger partial charge in [0.15, 0.2) is 6.23 Å². The minimum atomic E-state index is -0.360. The number of non-ortho nitro benzene ring substituents is 1. The third-order valence-electron chi connectivity index (χ3n) is 4.33. The lowest BCUT2D eigenvalue weighted by atomic mass is 10.0. The van der Waals surface area contributed by atoms with Crippen LogP contribution in [0.25, 0.3) is 22.0 Å². The Morgan fingerprint density at radius 3 is 2.75 bits per heavy atom. The third-order valence-corrected chi connectivity index (χ3v) is 4.33. The van der Waals surface area contributed by atoms with Crippen molar-refractivity contribution in [1.29, 1.82) is 0 Å². The Labute approximate surface area is 138 Å². The standard InChI is InChI=1S/C17H16N4O3/c22-21(23)16-10-13(12-4-6-18-7-5-12)9-15-14(16)11-19-20(15)17-3-1-2-8-24-17/h4-7,9-11,17H,1-3,8H2. The van der Waals surface area contributed by atoms with E-state index in [1.54, 1.807) is 29.3 Å². The molecule has 0 amide bonds. The highest BCUT2D eigenvalue weighted by molar-refractivity contribution is 5.92. The zero-order chi connectivity index (χ0) is 16.5. The van der Waals surface area contributed by atoms with Crippen molar-refractivity contribution in [1.82, 2.24) is 14.8 Å². The number of nitro benzene ring substituents is 1. The summed E-state index contributed by atoms with van der Waals surface area (Å²) in [5, 5.41) is 16.4. The normalized spacial score (nSPS) is 17.9. The van der Waals surface area contributed by atoms with Gasteiger partial charge in [-0.3, -0.25) is 15.1 Å². The van der Waals surface area contributed by atoms with Crippen molar-refractivity contribution in [3.05, 3.63) is 53.0 Å². The van der Waals surface area contributed by atoms with Crippen molar-refractivity contribution in [3.8, 4) is 11.1 Å². The van der Waals surface area contributed by atoms with E-state index in [9.17, 15) is 10.1 Å². The van der Waals surface area contributed by atoms with Crippen molar-refractivity contribution in [3.63, 3.8) is 0 Å². The Balaban J connectivity index is 1.91. The fraction of sp³-hybridized carbons (Fsp3) is 0.294. The average molecular weight is 324 g/mol. The predicted molar refractivity (Wildman–Crippen MR) is 88.5 cm³/mol. The van der Waals surface area contributed by atoms with Crippen molar-refractivity contribution in [2.45, 2.75) is 25.5 Å². The molecule has 4 rings (SSSR count). The van der Waals surface area contributed by atoms with E-state index in [1.807, 2.05) is 18.2 Å². The van der Waals surface area contributed by atoms with E-state index in [0.717, 1.165) is 35.9 Å². The van der Waals surface area contributed by atoms with Crippen LogP contribution in [0, 0.1) is 10.1 Å². The molecule has 1 aliphatic rings. The van der Waals surface area contributed by atoms with Gasteiger partial charge in [0.25, 0.3) is 5.69 Å². The number of fused-ring (bicyclic) bond motifs is 1. The molecule has 0 N–H and O–H groups in total. The van der Waals surface area contributed by atoms with Gasteiger partial charge in [-0.15, -0.1) is 0 Å². The van der Waals surface area contributed by atoms with Crippen LogP contribution in [0.1, 0.15) is 25.5 Å². The molecular weight excluding hydrogens is 308 g/mol. The molecule has 1 aromatic carbocycles. The Hall–Kier alpha value is -2.80. The lowest BCUT2D eigenvalue weighted by molar-refractivity contribution is -0.383. The van der Waals surface area contributed by atoms with Crippen LogP contribution in [0.5, 0.6) is 0 Å². The van der Waals surface area contributed by atoms with Gasteiger partial charge in [0.2, 0.25) is 0 Å². The van der Waals surface area contributed by atoms with Gasteiger partial charge < -0.3 is 4.74 Å². The zero-order valence-electron chi connectivity index (χ0n) is 13.0. The smallest absolute Gasteiger partial charge is 0.281 e. The molecule has 7 heteroatoms. The van der Waals surface area contributed by atoms with E-state index in [1.165, 1.54) is 0 Å². The van der Waals surface area contributed by atoms with Gasteiger partial charge in [0.05, 0.1) is 22.0 Å². The van der Waals surface area contributed by atoms with Crippen LogP contribution in [0.15, 0.2) is 42.9 Å². The number of hydrogen-bond donors (Lipinski definition) is 0. The molecule has 2 aromatic heterocycles. The maximum atomic E-state index is 11.5. The van der Waals surface area contributed by atoms with Crippen LogP contribution < -0.4 is 0 Å². The molecule has 0 radical (unpaired) electrons. The molecule has 1 atom stereocenters. The Morgan fingerprint density at radius 1 is 1.21 bits per heavy atom. The number of nitro groups is 1. The number of aromatic nitrogens is 3. The van der Waals surface area contributed by atoms with Gasteiger partial charge >= 0.3 is 0 Å². The van der Waals surface area contributed by atoms with Gasteiger partial charge in [-0.05, 0) is 48.6 Å². The highest BCUT2D eigenvalue weighted by atomic mass is 16.6. The van der Waals surface area contributed by atoms with Crippen molar-refractivity contribution >= 4 is 16.6 Å². The second-order valence-electron chi connectivity index (χ2n) is 5.83. The van der Waals surface area contributed by atoms with Gasteiger partial charge in [0.1, 0.15) is 0 Å². The number of ether oxygens (including phenoxy) is 1. The van der Waals surface area contributed by atoms with Crippen molar-refractivity contribution in [2.24, 2.45) is 0 Å². The van der Waals surface area contributed by atoms with Gasteiger partial charge in [0, 0.05) is 25.1 Å². The molecule has 24 heavy (non-hydrogen) atoms. The lowest BCUT2D eigenvalue weighted by Crippen LogP contribution is -2.18. The Morgan fingerprint density at radius 2 is 2.04 bits per heavy atom. The summed E-state index contributed by atoms with van der Waals surface area (Å²) in [4.78, 5) is 15.1. The third kappa shape index (κ3) is 2.52. The van der Waals surface area contributed by atoms with E-state index < -0.39 is 0 Å². The lowest BCUT2D eigenvalue weighted by Gasteiger charge is -2.23. The topological polar surface area (TPSA) is 83.1 Å². The Bertz CT molecular complexity index is 885. The first kappa shape index (κ1) is 14.8. The van der Waals surface area contributed by atoms with E-state index in [0.29, 0.717) is 12.0 Å². The van der Waals surface area contributed by atoms with Crippen LogP contribution in [0.3, 0.4) is 0 Å². The predicted octanol–water partition coefficient (Wildman–Crippen LogP) is 3.71. The second-order valence-corrected chi connectivity index (χ2v) is 5.83. The molecule has 1 saturated heterocycles. The fourth-order valence-corrected chi connectivity index (χ4v) is 3.14. The molecule has 3 aromatic rings. The summed E-state index contributed by atoms with van der Waals surface area (Å²) in [5.41, 5.74) is 2.44. The van der Waals surface area contributed by atoms with Crippen LogP contribution in [-0.2, 0) is 4.74 Å². The number of rotatable bonds is 3. The van der Waals surface area contributed by atoms with E-state index in [2.05, 4.69) is 10.1 Å². The molecular formula is C17H16N4O3. The Kier molecular flexibility index (Phi) is 3.70. The highest BCUT2D eigenvalue weighted by Crippen LogP contribution is 2.34. The summed E-state index contributed by atoms with van der Waals surface area (Å²) in [6.45, 7) is 0.693. The van der Waals surface area contributed by atoms with Crippen LogP contribution in [0.4, 0.5) is 5.69 Å². The molecule has 7 nitrogen and oxygen atoms in total. The van der Waals surface area contributed by atoms with E-state index >= 15 is 0 Å². The van der Waals surface area contributed by atoms with Crippen LogP contribution >= 0.6 is 0 Å². The van der Waals surface area contributed by atoms with Crippen LogP contribution in [0.2, 0.25) is 0 Å². The maximum Gasteiger partial charge on any atom is 0.281 e. The first-order valence-electron chi connectivity index (χ1n) is 7.92. The minimum absolute atomic E-state index is 0.0568. The zero-order valence-corrected chi connectivity index (χ0v) is 13.0. The molecule has 1 unspecified atom stereocenters. The molecule has 1 aliphatic heterocycles. The molecule has 0 spiro atoms. The SMILES string of the molecule is O=[N+]([O-])c1cc(-c2ccncc2)cc2c1cnn2C1CCCCO1. The largest absolute Gasteiger partial charge is 0.356 e. The molecule has 0 aliphatic carbocycles. The number of nitrogens with zero attached hydrogens (tertiary/aromatic N) is 4. The molecule has 3 heterocycles. The summed E-state index contributed by atoms with van der Waals surface area (Å²) in [6, 6.07) is 7.19. The first-order chi connectivity index (χ1) is 11.7. The quantitative estimate of drug-likeness (QED) is 0.542. The summed E-state index contributed by atoms with van der Waals surface area (Å²) in [5.74, 6) is 0. The highest BCUT2D eigenvalue weighted by Gasteiger charge is 2.23. The molecule has 1 fully saturated rings. The number of hydrogen-bond acceptors (Lipinski definition) is 5. The van der Waals surface area contributed by atoms with Gasteiger partial charge in [-0.1, -0.05) is 0 Å². The van der Waals surface area contributed by atoms with Gasteiger partial charge in [-0.25, -0.2) is 4.68 Å². The minimum Gasteiger partial charge on any atom is -0.356 e. The average Bonchev–Trinajstić information content (AvgIpc) is 3.06. The first-order valence-corrected chi connectivity index (χ1v) is 7.92. The summed E-state index contributed by atoms with van der Waals surface area (Å²) in [6.07, 6.45) is 7.71. The van der Waals surface area contributed by atoms with Crippen molar-refractivity contribution < 1.29 is 9.66 Å². The summed E-state index contributed by atoms with van der Waals surface area (Å²) >= 11 is 0. The second kappa shape index (κ2) is 6.01. The van der Waals surface area contributed by atoms with Crippen molar-refractivity contribution in [2.75, 3.05) is 6.61 Å². The van der Waals surface area contributed by atoms with E-state index in [4.69, 9.17) is 4.74 Å². The fourth-order valence-electron chi connectivity index (χ4n) is 3.14. The summed E-state index contributed by atoms with van der Waals surface area (Å²) < 4.78 is 7.57. The summed E-state index contributed by atoms with van der Waals surface area (Å²) in [7, 11) is 0. The van der Waals surface area contributed by atoms with Gasteiger partial charge in [-0.2, -0.15) is 5.10 Å². The maximum absolute atomic E-state index is 11.5.